The molecule has 1 aromatic carbocycles. The largest absolute Gasteiger partial charge is 0.378 e. The molecule has 1 aliphatic rings. The van der Waals surface area contributed by atoms with Gasteiger partial charge in [-0.15, -0.1) is 0 Å². The van der Waals surface area contributed by atoms with Crippen LogP contribution < -0.4 is 0 Å². The van der Waals surface area contributed by atoms with Gasteiger partial charge in [0.2, 0.25) is 10.0 Å². The molecule has 0 aromatic heterocycles. The fourth-order valence-corrected chi connectivity index (χ4v) is 4.87. The van der Waals surface area contributed by atoms with Crippen LogP contribution in [0, 0.1) is 10.1 Å². The van der Waals surface area contributed by atoms with Gasteiger partial charge in [0.15, 0.2) is 0 Å². The minimum absolute atomic E-state index is 0.0588. The summed E-state index contributed by atoms with van der Waals surface area (Å²) in [7, 11) is -3.76. The molecule has 1 unspecified atom stereocenters. The van der Waals surface area contributed by atoms with Crippen molar-refractivity contribution in [3.8, 4) is 0 Å². The molecule has 1 fully saturated rings. The summed E-state index contributed by atoms with van der Waals surface area (Å²) in [5.74, 6) is 0. The number of hydrogen-bond donors (Lipinski definition) is 0. The zero-order valence-corrected chi connectivity index (χ0v) is 15.9. The van der Waals surface area contributed by atoms with E-state index in [2.05, 4.69) is 15.9 Å². The summed E-state index contributed by atoms with van der Waals surface area (Å²) < 4.78 is 33.2. The van der Waals surface area contributed by atoms with Gasteiger partial charge in [-0.1, -0.05) is 22.9 Å². The Morgan fingerprint density at radius 2 is 2.08 bits per heavy atom. The number of benzene rings is 1. The highest BCUT2D eigenvalue weighted by molar-refractivity contribution is 9.10. The van der Waals surface area contributed by atoms with Gasteiger partial charge in [0.05, 0.1) is 15.9 Å². The van der Waals surface area contributed by atoms with E-state index in [4.69, 9.17) is 4.74 Å². The number of ether oxygens (including phenoxy) is 1. The van der Waals surface area contributed by atoms with Crippen LogP contribution >= 0.6 is 15.9 Å². The molecule has 1 saturated heterocycles. The van der Waals surface area contributed by atoms with Crippen molar-refractivity contribution in [1.82, 2.24) is 4.31 Å². The van der Waals surface area contributed by atoms with Crippen molar-refractivity contribution in [3.05, 3.63) is 32.8 Å². The lowest BCUT2D eigenvalue weighted by Crippen LogP contribution is -2.32. The number of hydrogen-bond acceptors (Lipinski definition) is 5. The molecule has 7 nitrogen and oxygen atoms in total. The number of nitro benzene ring substituents is 1. The minimum atomic E-state index is -3.76. The SMILES string of the molecule is CCCOC1CCCN(S(=O)(=O)c2cc(Br)cc([N+](=O)[O-])c2)CC1. The van der Waals surface area contributed by atoms with Crippen molar-refractivity contribution < 1.29 is 18.1 Å². The van der Waals surface area contributed by atoms with Crippen LogP contribution in [-0.4, -0.2) is 43.4 Å². The quantitative estimate of drug-likeness (QED) is 0.519. The van der Waals surface area contributed by atoms with Gasteiger partial charge in [0, 0.05) is 36.3 Å². The normalized spacial score (nSPS) is 19.8. The lowest BCUT2D eigenvalue weighted by molar-refractivity contribution is -0.385. The van der Waals surface area contributed by atoms with Crippen molar-refractivity contribution in [1.29, 1.82) is 0 Å². The molecule has 0 spiro atoms. The molecule has 0 bridgehead atoms. The molecule has 0 aliphatic carbocycles. The molecule has 0 N–H and O–H groups in total. The number of nitrogens with zero attached hydrogens (tertiary/aromatic N) is 2. The van der Waals surface area contributed by atoms with Crippen LogP contribution in [0.25, 0.3) is 0 Å². The number of sulfonamides is 1. The molecular formula is C15H21BrN2O5S. The lowest BCUT2D eigenvalue weighted by Gasteiger charge is -2.20. The van der Waals surface area contributed by atoms with E-state index in [1.54, 1.807) is 0 Å². The van der Waals surface area contributed by atoms with Crippen LogP contribution in [0.5, 0.6) is 0 Å². The predicted molar refractivity (Wildman–Crippen MR) is 93.4 cm³/mol. The summed E-state index contributed by atoms with van der Waals surface area (Å²) in [6, 6.07) is 3.80. The number of non-ortho nitro benzene ring substituents is 1. The van der Waals surface area contributed by atoms with E-state index in [-0.39, 0.29) is 16.7 Å². The molecule has 0 amide bonds. The monoisotopic (exact) mass is 420 g/mol. The van der Waals surface area contributed by atoms with Crippen LogP contribution in [-0.2, 0) is 14.8 Å². The van der Waals surface area contributed by atoms with Crippen LogP contribution in [0.2, 0.25) is 0 Å². The summed E-state index contributed by atoms with van der Waals surface area (Å²) in [5.41, 5.74) is -0.248. The second-order valence-corrected chi connectivity index (χ2v) is 8.58. The van der Waals surface area contributed by atoms with Gasteiger partial charge in [0.25, 0.3) is 5.69 Å². The second kappa shape index (κ2) is 8.37. The first kappa shape index (κ1) is 19.3. The maximum absolute atomic E-state index is 12.8. The third kappa shape index (κ3) is 4.75. The molecule has 1 heterocycles. The van der Waals surface area contributed by atoms with E-state index in [0.717, 1.165) is 18.9 Å². The molecule has 1 atom stereocenters. The summed E-state index contributed by atoms with van der Waals surface area (Å²) in [4.78, 5) is 10.3. The first-order valence-electron chi connectivity index (χ1n) is 7.91. The molecule has 1 aliphatic heterocycles. The summed E-state index contributed by atoms with van der Waals surface area (Å²) >= 11 is 3.14. The Kier molecular flexibility index (Phi) is 6.73. The van der Waals surface area contributed by atoms with Crippen molar-refractivity contribution in [2.24, 2.45) is 0 Å². The third-order valence-corrected chi connectivity index (χ3v) is 6.23. The average Bonchev–Trinajstić information content (AvgIpc) is 2.78. The van der Waals surface area contributed by atoms with Gasteiger partial charge in [-0.2, -0.15) is 4.31 Å². The van der Waals surface area contributed by atoms with Gasteiger partial charge < -0.3 is 4.74 Å². The van der Waals surface area contributed by atoms with Gasteiger partial charge in [-0.05, 0) is 31.7 Å². The van der Waals surface area contributed by atoms with E-state index in [1.165, 1.54) is 16.4 Å². The molecular weight excluding hydrogens is 400 g/mol. The Bertz CT molecular complexity index is 695. The molecule has 24 heavy (non-hydrogen) atoms. The smallest absolute Gasteiger partial charge is 0.271 e. The van der Waals surface area contributed by atoms with E-state index in [0.29, 0.717) is 37.0 Å². The standard InChI is InChI=1S/C15H21BrN2O5S/c1-2-8-23-14-4-3-6-17(7-5-14)24(21,22)15-10-12(16)9-13(11-15)18(19)20/h9-11,14H,2-8H2,1H3. The Morgan fingerprint density at radius 3 is 2.75 bits per heavy atom. The molecule has 0 saturated carbocycles. The van der Waals surface area contributed by atoms with Crippen LogP contribution in [0.1, 0.15) is 32.6 Å². The Balaban J connectivity index is 2.20. The fraction of sp³-hybridized carbons (Fsp3) is 0.600. The second-order valence-electron chi connectivity index (χ2n) is 5.73. The van der Waals surface area contributed by atoms with E-state index >= 15 is 0 Å². The summed E-state index contributed by atoms with van der Waals surface area (Å²) in [6.45, 7) is 3.47. The molecule has 2 rings (SSSR count). The molecule has 1 aromatic rings. The van der Waals surface area contributed by atoms with E-state index in [9.17, 15) is 18.5 Å². The van der Waals surface area contributed by atoms with Crippen LogP contribution in [0.4, 0.5) is 5.69 Å². The van der Waals surface area contributed by atoms with Crippen LogP contribution in [0.15, 0.2) is 27.6 Å². The van der Waals surface area contributed by atoms with Gasteiger partial charge in [0.1, 0.15) is 0 Å². The number of halogens is 1. The van der Waals surface area contributed by atoms with Crippen molar-refractivity contribution in [2.75, 3.05) is 19.7 Å². The van der Waals surface area contributed by atoms with Gasteiger partial charge in [-0.3, -0.25) is 10.1 Å². The topological polar surface area (TPSA) is 89.8 Å². The molecule has 9 heteroatoms. The fourth-order valence-electron chi connectivity index (χ4n) is 2.68. The van der Waals surface area contributed by atoms with Crippen molar-refractivity contribution >= 4 is 31.6 Å². The molecule has 0 radical (unpaired) electrons. The highest BCUT2D eigenvalue weighted by Gasteiger charge is 2.29. The van der Waals surface area contributed by atoms with Crippen LogP contribution in [0.3, 0.4) is 0 Å². The molecule has 134 valence electrons. The zero-order valence-electron chi connectivity index (χ0n) is 13.5. The highest BCUT2D eigenvalue weighted by atomic mass is 79.9. The van der Waals surface area contributed by atoms with Gasteiger partial charge in [-0.25, -0.2) is 8.42 Å². The third-order valence-electron chi connectivity index (χ3n) is 3.90. The maximum Gasteiger partial charge on any atom is 0.271 e. The Labute approximate surface area is 150 Å². The van der Waals surface area contributed by atoms with E-state index < -0.39 is 14.9 Å². The van der Waals surface area contributed by atoms with Crippen molar-refractivity contribution in [3.63, 3.8) is 0 Å². The summed E-state index contributed by atoms with van der Waals surface area (Å²) in [5, 5.41) is 11.0. The summed E-state index contributed by atoms with van der Waals surface area (Å²) in [6.07, 6.45) is 3.17. The Morgan fingerprint density at radius 1 is 1.33 bits per heavy atom. The highest BCUT2D eigenvalue weighted by Crippen LogP contribution is 2.28. The predicted octanol–water partition coefficient (Wildman–Crippen LogP) is 3.33. The maximum atomic E-state index is 12.8. The number of rotatable bonds is 6. The lowest BCUT2D eigenvalue weighted by atomic mass is 10.2. The minimum Gasteiger partial charge on any atom is -0.378 e. The van der Waals surface area contributed by atoms with Gasteiger partial charge >= 0.3 is 0 Å². The van der Waals surface area contributed by atoms with E-state index in [1.807, 2.05) is 6.92 Å². The number of nitro groups is 1. The Hall–Kier alpha value is -1.03. The van der Waals surface area contributed by atoms with Crippen molar-refractivity contribution in [2.45, 2.75) is 43.6 Å². The first-order chi connectivity index (χ1) is 11.3. The first-order valence-corrected chi connectivity index (χ1v) is 10.1. The zero-order chi connectivity index (χ0) is 17.7. The average molecular weight is 421 g/mol.